The minimum Gasteiger partial charge on any atom is -0.466 e. The third-order valence-electron chi connectivity index (χ3n) is 4.70. The zero-order valence-electron chi connectivity index (χ0n) is 15.6. The number of carbonyl (C=O) groups is 2. The van der Waals surface area contributed by atoms with Gasteiger partial charge in [0.25, 0.3) is 5.91 Å². The Morgan fingerprint density at radius 1 is 1.27 bits per heavy atom. The Morgan fingerprint density at radius 2 is 2.00 bits per heavy atom. The molecule has 1 amide bonds. The van der Waals surface area contributed by atoms with Gasteiger partial charge in [-0.3, -0.25) is 9.59 Å². The van der Waals surface area contributed by atoms with Gasteiger partial charge in [-0.15, -0.1) is 0 Å². The predicted molar refractivity (Wildman–Crippen MR) is 97.8 cm³/mol. The first kappa shape index (κ1) is 18.4. The first-order valence-corrected chi connectivity index (χ1v) is 9.07. The fourth-order valence-electron chi connectivity index (χ4n) is 3.40. The zero-order valence-corrected chi connectivity index (χ0v) is 15.6. The molecule has 0 spiro atoms. The van der Waals surface area contributed by atoms with Crippen LogP contribution in [0.3, 0.4) is 0 Å². The highest BCUT2D eigenvalue weighted by Gasteiger charge is 2.31. The summed E-state index contributed by atoms with van der Waals surface area (Å²) in [6.45, 7) is 3.94. The molecule has 0 unspecified atom stereocenters. The molecule has 0 aromatic carbocycles. The lowest BCUT2D eigenvalue weighted by Crippen LogP contribution is -2.41. The van der Waals surface area contributed by atoms with Crippen molar-refractivity contribution in [3.05, 3.63) is 35.8 Å². The fourth-order valence-corrected chi connectivity index (χ4v) is 3.40. The van der Waals surface area contributed by atoms with Crippen LogP contribution in [0.15, 0.2) is 24.4 Å². The number of imidazole rings is 1. The summed E-state index contributed by atoms with van der Waals surface area (Å²) in [5.41, 5.74) is 2.16. The van der Waals surface area contributed by atoms with E-state index in [1.54, 1.807) is 4.90 Å². The number of fused-ring (bicyclic) bond motifs is 1. The molecule has 1 aliphatic heterocycles. The number of ether oxygens (including phenoxy) is 1. The molecule has 1 saturated heterocycles. The SMILES string of the molecule is CCOC(=O)C1CCN(C(=O)c2nc3ccccn3c2CN(C)C)CC1. The highest BCUT2D eigenvalue weighted by atomic mass is 16.5. The van der Waals surface area contributed by atoms with E-state index in [0.29, 0.717) is 44.8 Å². The third kappa shape index (κ3) is 3.72. The van der Waals surface area contributed by atoms with Crippen molar-refractivity contribution >= 4 is 17.5 Å². The molecule has 0 N–H and O–H groups in total. The maximum absolute atomic E-state index is 13.1. The van der Waals surface area contributed by atoms with Crippen molar-refractivity contribution in [1.82, 2.24) is 19.2 Å². The summed E-state index contributed by atoms with van der Waals surface area (Å²) in [6.07, 6.45) is 3.22. The average Bonchev–Trinajstić information content (AvgIpc) is 2.99. The summed E-state index contributed by atoms with van der Waals surface area (Å²) in [7, 11) is 3.95. The van der Waals surface area contributed by atoms with Crippen LogP contribution in [0.4, 0.5) is 0 Å². The molecule has 7 heteroatoms. The second-order valence-corrected chi connectivity index (χ2v) is 6.89. The largest absolute Gasteiger partial charge is 0.466 e. The number of esters is 1. The van der Waals surface area contributed by atoms with Gasteiger partial charge in [0.1, 0.15) is 5.65 Å². The number of carbonyl (C=O) groups excluding carboxylic acids is 2. The van der Waals surface area contributed by atoms with E-state index in [1.165, 1.54) is 0 Å². The van der Waals surface area contributed by atoms with Gasteiger partial charge in [-0.2, -0.15) is 0 Å². The Bertz CT molecular complexity index is 791. The average molecular weight is 358 g/mol. The van der Waals surface area contributed by atoms with Crippen molar-refractivity contribution in [2.45, 2.75) is 26.3 Å². The van der Waals surface area contributed by atoms with E-state index in [-0.39, 0.29) is 17.8 Å². The molecule has 2 aromatic heterocycles. The lowest BCUT2D eigenvalue weighted by Gasteiger charge is -2.30. The van der Waals surface area contributed by atoms with E-state index in [9.17, 15) is 9.59 Å². The van der Waals surface area contributed by atoms with Crippen molar-refractivity contribution in [2.24, 2.45) is 5.92 Å². The maximum atomic E-state index is 13.1. The smallest absolute Gasteiger partial charge is 0.309 e. The van der Waals surface area contributed by atoms with Crippen molar-refractivity contribution in [1.29, 1.82) is 0 Å². The van der Waals surface area contributed by atoms with Crippen LogP contribution in [0.25, 0.3) is 5.65 Å². The number of aromatic nitrogens is 2. The maximum Gasteiger partial charge on any atom is 0.309 e. The number of nitrogens with zero attached hydrogens (tertiary/aromatic N) is 4. The molecule has 0 atom stereocenters. The van der Waals surface area contributed by atoms with E-state index >= 15 is 0 Å². The second kappa shape index (κ2) is 7.86. The number of piperidine rings is 1. The fraction of sp³-hybridized carbons (Fsp3) is 0.526. The van der Waals surface area contributed by atoms with Gasteiger partial charge in [-0.25, -0.2) is 4.98 Å². The van der Waals surface area contributed by atoms with Crippen LogP contribution in [-0.4, -0.2) is 64.9 Å². The Kier molecular flexibility index (Phi) is 5.56. The normalized spacial score (nSPS) is 15.6. The molecule has 26 heavy (non-hydrogen) atoms. The molecule has 0 radical (unpaired) electrons. The van der Waals surface area contributed by atoms with Gasteiger partial charge in [-0.1, -0.05) is 6.07 Å². The number of amides is 1. The Morgan fingerprint density at radius 3 is 2.65 bits per heavy atom. The van der Waals surface area contributed by atoms with Gasteiger partial charge in [-0.05, 0) is 46.0 Å². The summed E-state index contributed by atoms with van der Waals surface area (Å²) in [4.78, 5) is 33.4. The lowest BCUT2D eigenvalue weighted by molar-refractivity contribution is -0.149. The standard InChI is InChI=1S/C19H26N4O3/c1-4-26-19(25)14-8-11-22(12-9-14)18(24)17-15(13-21(2)3)23-10-6-5-7-16(23)20-17/h5-7,10,14H,4,8-9,11-13H2,1-3H3. The summed E-state index contributed by atoms with van der Waals surface area (Å²) in [5.74, 6) is -0.324. The minimum atomic E-state index is -0.152. The monoisotopic (exact) mass is 358 g/mol. The molecule has 3 rings (SSSR count). The highest BCUT2D eigenvalue weighted by Crippen LogP contribution is 2.22. The lowest BCUT2D eigenvalue weighted by atomic mass is 9.97. The van der Waals surface area contributed by atoms with Gasteiger partial charge in [0.05, 0.1) is 18.2 Å². The van der Waals surface area contributed by atoms with Crippen LogP contribution in [0.1, 0.15) is 35.9 Å². The topological polar surface area (TPSA) is 67.1 Å². The predicted octanol–water partition coefficient (Wildman–Crippen LogP) is 1.81. The minimum absolute atomic E-state index is 0.0622. The third-order valence-corrected chi connectivity index (χ3v) is 4.70. The molecule has 2 aromatic rings. The van der Waals surface area contributed by atoms with E-state index in [4.69, 9.17) is 4.74 Å². The van der Waals surface area contributed by atoms with Crippen molar-refractivity contribution in [2.75, 3.05) is 33.8 Å². The van der Waals surface area contributed by atoms with Crippen molar-refractivity contribution in [3.63, 3.8) is 0 Å². The van der Waals surface area contributed by atoms with Gasteiger partial charge in [0.2, 0.25) is 0 Å². The molecular weight excluding hydrogens is 332 g/mol. The first-order chi connectivity index (χ1) is 12.5. The molecule has 1 aliphatic rings. The number of likely N-dealkylation sites (tertiary alicyclic amines) is 1. The molecule has 140 valence electrons. The molecule has 7 nitrogen and oxygen atoms in total. The number of hydrogen-bond acceptors (Lipinski definition) is 5. The second-order valence-electron chi connectivity index (χ2n) is 6.89. The summed E-state index contributed by atoms with van der Waals surface area (Å²) < 4.78 is 7.07. The van der Waals surface area contributed by atoms with E-state index in [0.717, 1.165) is 11.3 Å². The summed E-state index contributed by atoms with van der Waals surface area (Å²) >= 11 is 0. The van der Waals surface area contributed by atoms with Crippen LogP contribution in [-0.2, 0) is 16.1 Å². The number of hydrogen-bond donors (Lipinski definition) is 0. The first-order valence-electron chi connectivity index (χ1n) is 9.07. The van der Waals surface area contributed by atoms with Gasteiger partial charge >= 0.3 is 5.97 Å². The Balaban J connectivity index is 1.79. The van der Waals surface area contributed by atoms with E-state index in [1.807, 2.05) is 54.7 Å². The molecule has 0 aliphatic carbocycles. The van der Waals surface area contributed by atoms with Crippen LogP contribution in [0, 0.1) is 5.92 Å². The van der Waals surface area contributed by atoms with E-state index in [2.05, 4.69) is 4.98 Å². The number of pyridine rings is 1. The van der Waals surface area contributed by atoms with Crippen LogP contribution in [0.5, 0.6) is 0 Å². The Labute approximate surface area is 153 Å². The molecule has 1 fully saturated rings. The van der Waals surface area contributed by atoms with Gasteiger partial charge < -0.3 is 18.9 Å². The summed E-state index contributed by atoms with van der Waals surface area (Å²) in [5, 5.41) is 0. The molecule has 0 bridgehead atoms. The highest BCUT2D eigenvalue weighted by molar-refractivity contribution is 5.94. The van der Waals surface area contributed by atoms with Crippen LogP contribution < -0.4 is 0 Å². The number of rotatable bonds is 5. The Hall–Kier alpha value is -2.41. The molecule has 0 saturated carbocycles. The van der Waals surface area contributed by atoms with Crippen molar-refractivity contribution in [3.8, 4) is 0 Å². The van der Waals surface area contributed by atoms with Crippen molar-refractivity contribution < 1.29 is 14.3 Å². The quantitative estimate of drug-likeness (QED) is 0.763. The zero-order chi connectivity index (χ0) is 18.7. The van der Waals surface area contributed by atoms with Crippen LogP contribution in [0.2, 0.25) is 0 Å². The van der Waals surface area contributed by atoms with Gasteiger partial charge in [0.15, 0.2) is 5.69 Å². The molecular formula is C19H26N4O3. The summed E-state index contributed by atoms with van der Waals surface area (Å²) in [6, 6.07) is 5.76. The van der Waals surface area contributed by atoms with E-state index < -0.39 is 0 Å². The molecule has 3 heterocycles. The van der Waals surface area contributed by atoms with Crippen LogP contribution >= 0.6 is 0 Å². The van der Waals surface area contributed by atoms with Gasteiger partial charge in [0, 0.05) is 25.8 Å².